The smallest absolute Gasteiger partial charge is 0.355 e. The predicted molar refractivity (Wildman–Crippen MR) is 70.6 cm³/mol. The second kappa shape index (κ2) is 6.46. The molecule has 1 rings (SSSR count). The van der Waals surface area contributed by atoms with Gasteiger partial charge in [0.15, 0.2) is 0 Å². The molecule has 0 bridgehead atoms. The second-order valence-corrected chi connectivity index (χ2v) is 5.55. The number of aromatic nitrogens is 2. The zero-order chi connectivity index (χ0) is 16.3. The van der Waals surface area contributed by atoms with Crippen molar-refractivity contribution in [3.8, 4) is 5.88 Å². The first-order valence-electron chi connectivity index (χ1n) is 6.27. The van der Waals surface area contributed by atoms with Gasteiger partial charge in [-0.25, -0.2) is 4.98 Å². The zero-order valence-electron chi connectivity index (χ0n) is 11.8. The molecule has 1 aromatic heterocycles. The normalized spacial score (nSPS) is 12.3. The highest BCUT2D eigenvalue weighted by molar-refractivity contribution is 7.87. The quantitative estimate of drug-likeness (QED) is 0.589. The van der Waals surface area contributed by atoms with Crippen LogP contribution in [0.25, 0.3) is 0 Å². The number of nitrogens with zero attached hydrogens (tertiary/aromatic N) is 3. The van der Waals surface area contributed by atoms with Crippen LogP contribution in [0.1, 0.15) is 26.3 Å². The Morgan fingerprint density at radius 1 is 1.24 bits per heavy atom. The Morgan fingerprint density at radius 2 is 1.81 bits per heavy atom. The third-order valence-electron chi connectivity index (χ3n) is 2.71. The van der Waals surface area contributed by atoms with Gasteiger partial charge in [-0.15, -0.1) is 0 Å². The van der Waals surface area contributed by atoms with Gasteiger partial charge in [-0.2, -0.15) is 26.6 Å². The number of halogens is 3. The van der Waals surface area contributed by atoms with Gasteiger partial charge in [0.1, 0.15) is 0 Å². The van der Waals surface area contributed by atoms with E-state index in [9.17, 15) is 21.6 Å². The van der Waals surface area contributed by atoms with Crippen LogP contribution in [0.4, 0.5) is 19.1 Å². The minimum atomic E-state index is -5.75. The van der Waals surface area contributed by atoms with Crippen molar-refractivity contribution in [2.75, 3.05) is 18.0 Å². The molecule has 0 radical (unpaired) electrons. The van der Waals surface area contributed by atoms with E-state index in [4.69, 9.17) is 0 Å². The Balaban J connectivity index is 3.24. The molecular formula is C11H16F3N3O3S. The molecule has 120 valence electrons. The Hall–Kier alpha value is -1.58. The Bertz CT molecular complexity index is 586. The molecule has 0 atom stereocenters. The van der Waals surface area contributed by atoms with Gasteiger partial charge in [-0.1, -0.05) is 6.92 Å². The minimum Gasteiger partial charge on any atom is -0.355 e. The fourth-order valence-electron chi connectivity index (χ4n) is 1.51. The Labute approximate surface area is 121 Å². The molecule has 0 amide bonds. The molecule has 0 unspecified atom stereocenters. The fourth-order valence-corrected chi connectivity index (χ4v) is 1.95. The lowest BCUT2D eigenvalue weighted by Crippen LogP contribution is -2.29. The third-order valence-corrected chi connectivity index (χ3v) is 3.66. The highest BCUT2D eigenvalue weighted by Gasteiger charge is 2.49. The molecule has 0 aliphatic heterocycles. The van der Waals surface area contributed by atoms with Crippen LogP contribution >= 0.6 is 0 Å². The first-order chi connectivity index (χ1) is 9.66. The van der Waals surface area contributed by atoms with Crippen molar-refractivity contribution < 1.29 is 25.8 Å². The lowest BCUT2D eigenvalue weighted by Gasteiger charge is -2.19. The summed E-state index contributed by atoms with van der Waals surface area (Å²) in [6.07, 6.45) is 1.50. The average Bonchev–Trinajstić information content (AvgIpc) is 2.38. The fraction of sp³-hybridized carbons (Fsp3) is 0.636. The van der Waals surface area contributed by atoms with E-state index < -0.39 is 21.5 Å². The molecule has 0 fully saturated rings. The molecule has 0 saturated heterocycles. The van der Waals surface area contributed by atoms with Crippen LogP contribution in [-0.4, -0.2) is 37.0 Å². The largest absolute Gasteiger partial charge is 0.534 e. The molecule has 0 aliphatic carbocycles. The second-order valence-electron chi connectivity index (χ2n) is 4.01. The van der Waals surface area contributed by atoms with Crippen molar-refractivity contribution in [3.63, 3.8) is 0 Å². The summed E-state index contributed by atoms with van der Waals surface area (Å²) in [5.41, 5.74) is -5.32. The van der Waals surface area contributed by atoms with Crippen molar-refractivity contribution in [3.05, 3.63) is 11.8 Å². The first-order valence-corrected chi connectivity index (χ1v) is 7.68. The predicted octanol–water partition coefficient (Wildman–Crippen LogP) is 2.11. The molecule has 0 aromatic carbocycles. The van der Waals surface area contributed by atoms with E-state index in [0.717, 1.165) is 0 Å². The topological polar surface area (TPSA) is 72.4 Å². The maximum absolute atomic E-state index is 12.4. The highest BCUT2D eigenvalue weighted by Crippen LogP contribution is 2.28. The van der Waals surface area contributed by atoms with Gasteiger partial charge in [-0.3, -0.25) is 0 Å². The number of hydrogen-bond acceptors (Lipinski definition) is 6. The maximum atomic E-state index is 12.4. The van der Waals surface area contributed by atoms with Crippen molar-refractivity contribution in [1.29, 1.82) is 0 Å². The van der Waals surface area contributed by atoms with Crippen LogP contribution in [0.5, 0.6) is 5.88 Å². The van der Waals surface area contributed by atoms with E-state index in [1.165, 1.54) is 6.20 Å². The van der Waals surface area contributed by atoms with Crippen LogP contribution in [0.15, 0.2) is 6.20 Å². The summed E-state index contributed by atoms with van der Waals surface area (Å²) in [5.74, 6) is -0.476. The molecule has 6 nitrogen and oxygen atoms in total. The summed E-state index contributed by atoms with van der Waals surface area (Å²) in [6.45, 7) is 6.30. The van der Waals surface area contributed by atoms with E-state index in [1.54, 1.807) is 11.8 Å². The molecule has 0 spiro atoms. The minimum absolute atomic E-state index is 0.115. The summed E-state index contributed by atoms with van der Waals surface area (Å²) < 4.78 is 63.5. The molecule has 0 saturated carbocycles. The third kappa shape index (κ3) is 3.96. The van der Waals surface area contributed by atoms with Crippen molar-refractivity contribution in [2.45, 2.75) is 32.7 Å². The number of alkyl halides is 3. The van der Waals surface area contributed by atoms with Gasteiger partial charge >= 0.3 is 15.6 Å². The maximum Gasteiger partial charge on any atom is 0.534 e. The van der Waals surface area contributed by atoms with Crippen molar-refractivity contribution in [2.24, 2.45) is 0 Å². The van der Waals surface area contributed by atoms with Gasteiger partial charge in [0, 0.05) is 24.8 Å². The average molecular weight is 327 g/mol. The van der Waals surface area contributed by atoms with Crippen LogP contribution in [-0.2, 0) is 16.5 Å². The summed E-state index contributed by atoms with van der Waals surface area (Å²) in [6, 6.07) is 0. The van der Waals surface area contributed by atoms with Crippen LogP contribution < -0.4 is 9.08 Å². The first kappa shape index (κ1) is 17.5. The van der Waals surface area contributed by atoms with Crippen LogP contribution in [0, 0.1) is 0 Å². The Morgan fingerprint density at radius 3 is 2.24 bits per heavy atom. The summed E-state index contributed by atoms with van der Waals surface area (Å²) in [5, 5.41) is 0. The van der Waals surface area contributed by atoms with Gasteiger partial charge in [-0.05, 0) is 20.3 Å². The molecule has 0 aliphatic rings. The van der Waals surface area contributed by atoms with E-state index in [-0.39, 0.29) is 17.9 Å². The number of anilines is 1. The lowest BCUT2D eigenvalue weighted by molar-refractivity contribution is -0.0501. The van der Waals surface area contributed by atoms with Crippen LogP contribution in [0.3, 0.4) is 0 Å². The number of hydrogen-bond donors (Lipinski definition) is 0. The monoisotopic (exact) mass is 327 g/mol. The van der Waals surface area contributed by atoms with Gasteiger partial charge in [0.05, 0.1) is 0 Å². The molecule has 1 aromatic rings. The highest BCUT2D eigenvalue weighted by atomic mass is 32.2. The van der Waals surface area contributed by atoms with E-state index in [2.05, 4.69) is 14.2 Å². The van der Waals surface area contributed by atoms with Gasteiger partial charge < -0.3 is 9.08 Å². The zero-order valence-corrected chi connectivity index (χ0v) is 12.6. The Kier molecular flexibility index (Phi) is 5.37. The van der Waals surface area contributed by atoms with E-state index in [1.807, 2.05) is 13.8 Å². The lowest BCUT2D eigenvalue weighted by atomic mass is 10.2. The SMILES string of the molecule is CCc1cnc(N(CC)CC)nc1OS(=O)(=O)C(F)(F)F. The summed E-state index contributed by atoms with van der Waals surface area (Å²) in [4.78, 5) is 9.46. The number of aryl methyl sites for hydroxylation is 1. The molecular weight excluding hydrogens is 311 g/mol. The van der Waals surface area contributed by atoms with Crippen molar-refractivity contribution >= 4 is 16.1 Å². The molecule has 1 heterocycles. The van der Waals surface area contributed by atoms with Crippen molar-refractivity contribution in [1.82, 2.24) is 9.97 Å². The van der Waals surface area contributed by atoms with Gasteiger partial charge in [0.25, 0.3) is 0 Å². The molecule has 0 N–H and O–H groups in total. The standard InChI is InChI=1S/C11H16F3N3O3S/c1-4-8-7-15-10(17(5-2)6-3)16-9(8)20-21(18,19)11(12,13)14/h7H,4-6H2,1-3H3. The van der Waals surface area contributed by atoms with E-state index in [0.29, 0.717) is 13.1 Å². The molecule has 21 heavy (non-hydrogen) atoms. The van der Waals surface area contributed by atoms with Crippen LogP contribution in [0.2, 0.25) is 0 Å². The number of rotatable bonds is 6. The van der Waals surface area contributed by atoms with E-state index >= 15 is 0 Å². The summed E-state index contributed by atoms with van der Waals surface area (Å²) >= 11 is 0. The van der Waals surface area contributed by atoms with Gasteiger partial charge in [0.2, 0.25) is 11.8 Å². The summed E-state index contributed by atoms with van der Waals surface area (Å²) in [7, 11) is -5.75. The molecule has 10 heteroatoms.